The van der Waals surface area contributed by atoms with Gasteiger partial charge in [-0.05, 0) is 39.2 Å². The van der Waals surface area contributed by atoms with Crippen LogP contribution >= 0.6 is 6.89 Å². The fraction of sp³-hybridized carbons (Fsp3) is 0.286. The van der Waals surface area contributed by atoms with Crippen LogP contribution < -0.4 is 15.9 Å². The predicted octanol–water partition coefficient (Wildman–Crippen LogP) is 8.33. The molecule has 0 fully saturated rings. The molecule has 0 nitrogen and oxygen atoms in total. The summed E-state index contributed by atoms with van der Waals surface area (Å²) in [6.45, 7) is 12.6. The molecule has 0 bridgehead atoms. The fourth-order valence-corrected chi connectivity index (χ4v) is 10.7. The highest BCUT2D eigenvalue weighted by Gasteiger charge is 2.38. The van der Waals surface area contributed by atoms with Gasteiger partial charge in [0, 0.05) is 0 Å². The first-order valence-electron chi connectivity index (χ1n) is 13.6. The molecule has 4 aromatic carbocycles. The zero-order valence-electron chi connectivity index (χ0n) is 23.5. The van der Waals surface area contributed by atoms with Crippen molar-refractivity contribution in [3.05, 3.63) is 127 Å². The Bertz CT molecular complexity index is 1190. The summed E-state index contributed by atoms with van der Waals surface area (Å²) in [6, 6.07) is 45.4. The Hall–Kier alpha value is -2.76. The van der Waals surface area contributed by atoms with Crippen LogP contribution in [0.15, 0.2) is 121 Å². The summed E-state index contributed by atoms with van der Waals surface area (Å²) in [5.41, 5.74) is 1.79. The van der Waals surface area contributed by atoms with E-state index < -0.39 is 6.89 Å². The number of hydrogen-bond acceptors (Lipinski definition) is 0. The molecule has 0 saturated heterocycles. The molecule has 2 heteroatoms. The van der Waals surface area contributed by atoms with Gasteiger partial charge in [-0.2, -0.15) is 0 Å². The first-order chi connectivity index (χ1) is 17.6. The van der Waals surface area contributed by atoms with Gasteiger partial charge in [0.15, 0.2) is 6.71 Å². The largest absolute Gasteiger partial charge is 0.179 e. The van der Waals surface area contributed by atoms with E-state index in [9.17, 15) is 0 Å². The van der Waals surface area contributed by atoms with Gasteiger partial charge in [0.05, 0.1) is 0 Å². The predicted molar refractivity (Wildman–Crippen MR) is 170 cm³/mol. The summed E-state index contributed by atoms with van der Waals surface area (Å²) in [7, 11) is 0. The van der Waals surface area contributed by atoms with Crippen LogP contribution in [0.3, 0.4) is 0 Å². The summed E-state index contributed by atoms with van der Waals surface area (Å²) >= 11 is 0. The third-order valence-corrected chi connectivity index (χ3v) is 11.5. The highest BCUT2D eigenvalue weighted by atomic mass is 31.2. The van der Waals surface area contributed by atoms with Crippen LogP contribution in [-0.4, -0.2) is 11.9 Å². The molecule has 0 aromatic heterocycles. The van der Waals surface area contributed by atoms with Crippen molar-refractivity contribution in [1.29, 1.82) is 0 Å². The Morgan fingerprint density at radius 1 is 0.486 bits per heavy atom. The molecule has 0 aliphatic carbocycles. The van der Waals surface area contributed by atoms with Crippen molar-refractivity contribution in [2.24, 2.45) is 10.8 Å². The average Bonchev–Trinajstić information content (AvgIpc) is 2.87. The van der Waals surface area contributed by atoms with Crippen molar-refractivity contribution in [2.45, 2.75) is 54.2 Å². The third kappa shape index (κ3) is 6.39. The van der Waals surface area contributed by atoms with Crippen LogP contribution in [0.4, 0.5) is 0 Å². The molecule has 0 spiro atoms. The van der Waals surface area contributed by atoms with E-state index in [-0.39, 0.29) is 10.8 Å². The van der Waals surface area contributed by atoms with E-state index in [1.807, 2.05) is 0 Å². The molecule has 0 aliphatic rings. The molecule has 4 aromatic rings. The molecule has 0 unspecified atom stereocenters. The Morgan fingerprint density at radius 3 is 1.08 bits per heavy atom. The second kappa shape index (κ2) is 11.3. The molecular weight excluding hydrogens is 462 g/mol. The standard InChI is InChI=1S/C35H42BP/c1-34(2,3)27-36(28-35(4,5)6)33(29-19-11-7-12-20-29)37(30-21-13-8-14-22-30,31-23-15-9-16-24-31)32-25-17-10-18-26-32/h7-26H,27-28H2,1-6H3. The molecule has 190 valence electrons. The molecule has 0 atom stereocenters. The zero-order chi connectivity index (χ0) is 26.5. The van der Waals surface area contributed by atoms with Gasteiger partial charge in [-0.25, -0.2) is 0 Å². The van der Waals surface area contributed by atoms with E-state index in [1.54, 1.807) is 5.19 Å². The lowest BCUT2D eigenvalue weighted by molar-refractivity contribution is 0.442. The minimum atomic E-state index is -2.20. The third-order valence-electron chi connectivity index (χ3n) is 6.97. The smallest absolute Gasteiger partial charge is 0.0647 e. The molecule has 37 heavy (non-hydrogen) atoms. The highest BCUT2D eigenvalue weighted by Crippen LogP contribution is 2.50. The Labute approximate surface area is 226 Å². The summed E-state index contributed by atoms with van der Waals surface area (Å²) in [6.07, 6.45) is 2.28. The molecule has 0 N–H and O–H groups in total. The monoisotopic (exact) mass is 504 g/mol. The number of hydrogen-bond donors (Lipinski definition) is 0. The van der Waals surface area contributed by atoms with Crippen molar-refractivity contribution in [3.8, 4) is 0 Å². The minimum absolute atomic E-state index is 0.204. The van der Waals surface area contributed by atoms with E-state index >= 15 is 0 Å². The van der Waals surface area contributed by atoms with Gasteiger partial charge in [-0.15, -0.1) is 0 Å². The topological polar surface area (TPSA) is 0 Å². The SMILES string of the molecule is CC(C)(C)CB(CC(C)(C)C)C(c1ccccc1)=P(c1ccccc1)(c1ccccc1)c1ccccc1. The first kappa shape index (κ1) is 27.3. The van der Waals surface area contributed by atoms with Crippen LogP contribution in [0.1, 0.15) is 47.1 Å². The van der Waals surface area contributed by atoms with Crippen LogP contribution in [0.25, 0.3) is 0 Å². The van der Waals surface area contributed by atoms with Crippen LogP contribution in [0.5, 0.6) is 0 Å². The molecule has 0 amide bonds. The van der Waals surface area contributed by atoms with Gasteiger partial charge in [0.2, 0.25) is 0 Å². The maximum atomic E-state index is 2.40. The number of rotatable bonds is 7. The lowest BCUT2D eigenvalue weighted by atomic mass is 9.35. The van der Waals surface area contributed by atoms with Gasteiger partial charge in [0.25, 0.3) is 0 Å². The molecule has 0 aliphatic heterocycles. The molecule has 0 radical (unpaired) electrons. The normalized spacial score (nSPS) is 12.3. The summed E-state index contributed by atoms with van der Waals surface area (Å²) in [4.78, 5) is 0. The molecule has 0 saturated carbocycles. The van der Waals surface area contributed by atoms with Crippen molar-refractivity contribution in [3.63, 3.8) is 0 Å². The van der Waals surface area contributed by atoms with E-state index in [0.717, 1.165) is 12.6 Å². The van der Waals surface area contributed by atoms with Gasteiger partial charge < -0.3 is 0 Å². The first-order valence-corrected chi connectivity index (χ1v) is 15.4. The van der Waals surface area contributed by atoms with Crippen LogP contribution in [0.2, 0.25) is 12.6 Å². The number of benzene rings is 4. The zero-order valence-corrected chi connectivity index (χ0v) is 24.4. The van der Waals surface area contributed by atoms with Crippen LogP contribution in [-0.2, 0) is 0 Å². The Balaban J connectivity index is 2.30. The maximum Gasteiger partial charge on any atom is 0.179 e. The summed E-state index contributed by atoms with van der Waals surface area (Å²) in [5, 5.41) is 5.90. The summed E-state index contributed by atoms with van der Waals surface area (Å²) < 4.78 is 0. The molecule has 4 rings (SSSR count). The Kier molecular flexibility index (Phi) is 8.35. The second-order valence-electron chi connectivity index (χ2n) is 12.7. The van der Waals surface area contributed by atoms with E-state index in [0.29, 0.717) is 6.71 Å². The van der Waals surface area contributed by atoms with Gasteiger partial charge in [0.1, 0.15) is 0 Å². The lowest BCUT2D eigenvalue weighted by Gasteiger charge is -2.39. The molecular formula is C35H42BP. The van der Waals surface area contributed by atoms with Gasteiger partial charge >= 0.3 is 0 Å². The molecule has 0 heterocycles. The van der Waals surface area contributed by atoms with E-state index in [2.05, 4.69) is 163 Å². The van der Waals surface area contributed by atoms with Gasteiger partial charge in [-0.3, -0.25) is 0 Å². The quantitative estimate of drug-likeness (QED) is 0.175. The van der Waals surface area contributed by atoms with Crippen molar-refractivity contribution >= 4 is 34.7 Å². The van der Waals surface area contributed by atoms with Crippen LogP contribution in [0, 0.1) is 10.8 Å². The fourth-order valence-electron chi connectivity index (χ4n) is 5.88. The van der Waals surface area contributed by atoms with E-state index in [4.69, 9.17) is 0 Å². The Morgan fingerprint density at radius 2 is 0.784 bits per heavy atom. The van der Waals surface area contributed by atoms with E-state index in [1.165, 1.54) is 21.5 Å². The van der Waals surface area contributed by atoms with Crippen molar-refractivity contribution < 1.29 is 0 Å². The second-order valence-corrected chi connectivity index (χ2v) is 16.0. The summed E-state index contributed by atoms with van der Waals surface area (Å²) in [5.74, 6) is 0. The van der Waals surface area contributed by atoms with Gasteiger partial charge in [-0.1, -0.05) is 181 Å². The van der Waals surface area contributed by atoms with Crippen molar-refractivity contribution in [2.75, 3.05) is 0 Å². The average molecular weight is 505 g/mol. The highest BCUT2D eigenvalue weighted by molar-refractivity contribution is 7.98. The maximum absolute atomic E-state index is 2.40. The van der Waals surface area contributed by atoms with Crippen molar-refractivity contribution in [1.82, 2.24) is 0 Å². The lowest BCUT2D eigenvalue weighted by Crippen LogP contribution is -2.41. The minimum Gasteiger partial charge on any atom is -0.0647 e.